The summed E-state index contributed by atoms with van der Waals surface area (Å²) in [5.41, 5.74) is 1.29. The minimum absolute atomic E-state index is 0.00810. The molecule has 0 aliphatic heterocycles. The van der Waals surface area contributed by atoms with Gasteiger partial charge in [-0.3, -0.25) is 4.18 Å². The topological polar surface area (TPSA) is 80.7 Å². The second-order valence-corrected chi connectivity index (χ2v) is 4.96. The van der Waals surface area contributed by atoms with Gasteiger partial charge in [0.25, 0.3) is 10.1 Å². The van der Waals surface area contributed by atoms with Crippen LogP contribution in [-0.2, 0) is 19.1 Å². The van der Waals surface area contributed by atoms with Crippen molar-refractivity contribution in [3.63, 3.8) is 0 Å². The van der Waals surface area contributed by atoms with E-state index >= 15 is 0 Å². The van der Waals surface area contributed by atoms with Gasteiger partial charge in [-0.05, 0) is 31.0 Å². The van der Waals surface area contributed by atoms with Gasteiger partial charge in [-0.15, -0.1) is 0 Å². The van der Waals surface area contributed by atoms with Crippen LogP contribution in [0.1, 0.15) is 11.1 Å². The lowest BCUT2D eigenvalue weighted by Gasteiger charge is -2.07. The molecule has 0 heterocycles. The Kier molecular flexibility index (Phi) is 3.66. The molecule has 1 N–H and O–H groups in total. The molecule has 0 aliphatic rings. The van der Waals surface area contributed by atoms with Gasteiger partial charge >= 0.3 is 5.97 Å². The number of aliphatic carboxylic acids is 1. The molecule has 0 fully saturated rings. The van der Waals surface area contributed by atoms with Crippen LogP contribution < -0.4 is 0 Å². The molecular formula is C10H12O5S. The first-order chi connectivity index (χ1) is 7.33. The number of aryl methyl sites for hydroxylation is 2. The summed E-state index contributed by atoms with van der Waals surface area (Å²) in [7, 11) is -3.99. The molecule has 1 aromatic carbocycles. The second kappa shape index (κ2) is 4.63. The highest BCUT2D eigenvalue weighted by molar-refractivity contribution is 7.86. The number of carboxylic acids is 1. The molecule has 0 aromatic heterocycles. The molecule has 0 amide bonds. The SMILES string of the molecule is Cc1ccc(C)c(S(=O)(=O)OCC(=O)O)c1. The molecule has 16 heavy (non-hydrogen) atoms. The maximum Gasteiger partial charge on any atom is 0.331 e. The average molecular weight is 244 g/mol. The Balaban J connectivity index is 3.07. The number of benzene rings is 1. The quantitative estimate of drug-likeness (QED) is 0.802. The third-order valence-electron chi connectivity index (χ3n) is 1.95. The molecule has 0 saturated heterocycles. The monoisotopic (exact) mass is 244 g/mol. The van der Waals surface area contributed by atoms with E-state index in [1.807, 2.05) is 0 Å². The van der Waals surface area contributed by atoms with E-state index in [-0.39, 0.29) is 4.90 Å². The van der Waals surface area contributed by atoms with Crippen LogP contribution in [0.15, 0.2) is 23.1 Å². The molecule has 0 atom stereocenters. The van der Waals surface area contributed by atoms with Crippen LogP contribution in [0.2, 0.25) is 0 Å². The van der Waals surface area contributed by atoms with E-state index in [2.05, 4.69) is 4.18 Å². The fourth-order valence-electron chi connectivity index (χ4n) is 1.17. The highest BCUT2D eigenvalue weighted by atomic mass is 32.2. The largest absolute Gasteiger partial charge is 0.479 e. The van der Waals surface area contributed by atoms with Crippen molar-refractivity contribution in [3.8, 4) is 0 Å². The van der Waals surface area contributed by atoms with E-state index in [9.17, 15) is 13.2 Å². The Bertz CT molecular complexity index is 504. The highest BCUT2D eigenvalue weighted by Crippen LogP contribution is 2.18. The molecule has 1 aromatic rings. The first kappa shape index (κ1) is 12.7. The predicted molar refractivity (Wildman–Crippen MR) is 56.7 cm³/mol. The summed E-state index contributed by atoms with van der Waals surface area (Å²) in [5, 5.41) is 8.36. The van der Waals surface area contributed by atoms with Crippen molar-refractivity contribution in [1.82, 2.24) is 0 Å². The lowest BCUT2D eigenvalue weighted by atomic mass is 10.2. The van der Waals surface area contributed by atoms with E-state index < -0.39 is 22.7 Å². The zero-order chi connectivity index (χ0) is 12.3. The van der Waals surface area contributed by atoms with Gasteiger partial charge in [0.05, 0.1) is 4.90 Å². The Morgan fingerprint density at radius 1 is 1.38 bits per heavy atom. The number of rotatable bonds is 4. The summed E-state index contributed by atoms with van der Waals surface area (Å²) in [5.74, 6) is -1.33. The van der Waals surface area contributed by atoms with Crippen LogP contribution in [0.3, 0.4) is 0 Å². The normalized spacial score (nSPS) is 11.4. The van der Waals surface area contributed by atoms with Gasteiger partial charge in [-0.2, -0.15) is 8.42 Å². The predicted octanol–water partition coefficient (Wildman–Crippen LogP) is 1.09. The van der Waals surface area contributed by atoms with Crippen LogP contribution in [-0.4, -0.2) is 26.1 Å². The summed E-state index contributed by atoms with van der Waals surface area (Å²) in [6, 6.07) is 4.87. The number of hydrogen-bond donors (Lipinski definition) is 1. The van der Waals surface area contributed by atoms with Crippen LogP contribution in [0.4, 0.5) is 0 Å². The van der Waals surface area contributed by atoms with Crippen LogP contribution >= 0.6 is 0 Å². The Morgan fingerprint density at radius 3 is 2.56 bits per heavy atom. The van der Waals surface area contributed by atoms with Crippen molar-refractivity contribution in [3.05, 3.63) is 29.3 Å². The molecule has 6 heteroatoms. The van der Waals surface area contributed by atoms with Crippen molar-refractivity contribution in [1.29, 1.82) is 0 Å². The van der Waals surface area contributed by atoms with Crippen molar-refractivity contribution >= 4 is 16.1 Å². The molecule has 88 valence electrons. The van der Waals surface area contributed by atoms with Gasteiger partial charge in [0, 0.05) is 0 Å². The molecule has 0 unspecified atom stereocenters. The molecule has 0 bridgehead atoms. The van der Waals surface area contributed by atoms with E-state index in [4.69, 9.17) is 5.11 Å². The van der Waals surface area contributed by atoms with Crippen molar-refractivity contribution in [2.75, 3.05) is 6.61 Å². The summed E-state index contributed by atoms with van der Waals surface area (Å²) in [4.78, 5) is 10.2. The number of hydrogen-bond acceptors (Lipinski definition) is 4. The van der Waals surface area contributed by atoms with Crippen molar-refractivity contribution < 1.29 is 22.5 Å². The molecule has 0 spiro atoms. The second-order valence-electron chi connectivity index (χ2n) is 3.38. The zero-order valence-electron chi connectivity index (χ0n) is 8.93. The third-order valence-corrected chi connectivity index (χ3v) is 3.36. The lowest BCUT2D eigenvalue weighted by molar-refractivity contribution is -0.139. The minimum Gasteiger partial charge on any atom is -0.479 e. The van der Waals surface area contributed by atoms with Gasteiger partial charge in [-0.25, -0.2) is 4.79 Å². The van der Waals surface area contributed by atoms with Gasteiger partial charge in [0.15, 0.2) is 6.61 Å². The zero-order valence-corrected chi connectivity index (χ0v) is 9.74. The van der Waals surface area contributed by atoms with E-state index in [0.717, 1.165) is 5.56 Å². The summed E-state index contributed by atoms with van der Waals surface area (Å²) in [6.45, 7) is 2.50. The van der Waals surface area contributed by atoms with Gasteiger partial charge < -0.3 is 5.11 Å². The molecular weight excluding hydrogens is 232 g/mol. The number of carbonyl (C=O) groups is 1. The Morgan fingerprint density at radius 2 is 2.00 bits per heavy atom. The highest BCUT2D eigenvalue weighted by Gasteiger charge is 2.19. The van der Waals surface area contributed by atoms with Crippen LogP contribution in [0.5, 0.6) is 0 Å². The van der Waals surface area contributed by atoms with E-state index in [1.54, 1.807) is 26.0 Å². The minimum atomic E-state index is -3.99. The lowest BCUT2D eigenvalue weighted by Crippen LogP contribution is -2.14. The Labute approximate surface area is 93.8 Å². The van der Waals surface area contributed by atoms with Crippen LogP contribution in [0.25, 0.3) is 0 Å². The smallest absolute Gasteiger partial charge is 0.331 e. The summed E-state index contributed by atoms with van der Waals surface area (Å²) < 4.78 is 27.6. The molecule has 0 radical (unpaired) electrons. The first-order valence-corrected chi connectivity index (χ1v) is 5.92. The summed E-state index contributed by atoms with van der Waals surface area (Å²) >= 11 is 0. The van der Waals surface area contributed by atoms with E-state index in [0.29, 0.717) is 5.56 Å². The number of carboxylic acid groups (broad SMARTS) is 1. The first-order valence-electron chi connectivity index (χ1n) is 4.51. The third kappa shape index (κ3) is 3.04. The fourth-order valence-corrected chi connectivity index (χ4v) is 2.34. The Hall–Kier alpha value is -1.40. The summed E-state index contributed by atoms with van der Waals surface area (Å²) in [6.07, 6.45) is 0. The fraction of sp³-hybridized carbons (Fsp3) is 0.300. The maximum atomic E-state index is 11.6. The molecule has 1 rings (SSSR count). The van der Waals surface area contributed by atoms with Gasteiger partial charge in [-0.1, -0.05) is 12.1 Å². The van der Waals surface area contributed by atoms with Crippen molar-refractivity contribution in [2.24, 2.45) is 0 Å². The van der Waals surface area contributed by atoms with Gasteiger partial charge in [0.2, 0.25) is 0 Å². The maximum absolute atomic E-state index is 11.6. The van der Waals surface area contributed by atoms with Crippen LogP contribution in [0, 0.1) is 13.8 Å². The van der Waals surface area contributed by atoms with Crippen molar-refractivity contribution in [2.45, 2.75) is 18.7 Å². The standard InChI is InChI=1S/C10H12O5S/c1-7-3-4-8(2)9(5-7)16(13,14)15-6-10(11)12/h3-5H,6H2,1-2H3,(H,11,12). The average Bonchev–Trinajstić information content (AvgIpc) is 2.19. The van der Waals surface area contributed by atoms with Gasteiger partial charge in [0.1, 0.15) is 0 Å². The van der Waals surface area contributed by atoms with E-state index in [1.165, 1.54) is 6.07 Å². The molecule has 0 aliphatic carbocycles. The molecule has 5 nitrogen and oxygen atoms in total. The molecule has 0 saturated carbocycles.